The molecule has 0 spiro atoms. The first kappa shape index (κ1) is 16.5. The zero-order chi connectivity index (χ0) is 19.0. The zero-order valence-electron chi connectivity index (χ0n) is 13.9. The molecule has 0 atom stereocenters. The van der Waals surface area contributed by atoms with Gasteiger partial charge in [0, 0.05) is 10.8 Å². The Morgan fingerprint density at radius 2 is 1.33 bits per heavy atom. The molecule has 0 saturated carbocycles. The summed E-state index contributed by atoms with van der Waals surface area (Å²) in [7, 11) is 0. The van der Waals surface area contributed by atoms with Crippen LogP contribution in [-0.4, -0.2) is 15.1 Å². The zero-order valence-corrected chi connectivity index (χ0v) is 13.9. The monoisotopic (exact) mass is 359 g/mol. The molecule has 132 valence electrons. The highest BCUT2D eigenvalue weighted by atomic mass is 16.6. The second-order valence-corrected chi connectivity index (χ2v) is 5.92. The quantitative estimate of drug-likeness (QED) is 0.277. The predicted octanol–water partition coefficient (Wildman–Crippen LogP) is 5.73. The average Bonchev–Trinajstić information content (AvgIpc) is 2.68. The number of aromatic hydroxyl groups is 2. The fourth-order valence-corrected chi connectivity index (χ4v) is 3.03. The third-order valence-corrected chi connectivity index (χ3v) is 4.30. The van der Waals surface area contributed by atoms with Gasteiger partial charge in [0.1, 0.15) is 17.1 Å². The van der Waals surface area contributed by atoms with Crippen molar-refractivity contribution in [1.82, 2.24) is 0 Å². The Labute approximate surface area is 153 Å². The maximum atomic E-state index is 11.3. The maximum Gasteiger partial charge on any atom is 0.281 e. The van der Waals surface area contributed by atoms with Crippen LogP contribution in [0.4, 0.5) is 17.1 Å². The number of nitro groups is 1. The number of non-ortho nitro benzene ring substituents is 1. The van der Waals surface area contributed by atoms with Gasteiger partial charge in [-0.25, -0.2) is 0 Å². The second kappa shape index (κ2) is 6.38. The van der Waals surface area contributed by atoms with Crippen molar-refractivity contribution in [2.45, 2.75) is 0 Å². The molecule has 0 aliphatic carbocycles. The minimum atomic E-state index is -0.556. The highest BCUT2D eigenvalue weighted by Crippen LogP contribution is 2.42. The van der Waals surface area contributed by atoms with Gasteiger partial charge in [-0.2, -0.15) is 0 Å². The van der Waals surface area contributed by atoms with Crippen molar-refractivity contribution < 1.29 is 15.1 Å². The molecule has 7 heteroatoms. The van der Waals surface area contributed by atoms with Crippen LogP contribution in [0.1, 0.15) is 0 Å². The lowest BCUT2D eigenvalue weighted by Crippen LogP contribution is -1.90. The van der Waals surface area contributed by atoms with Gasteiger partial charge in [0.2, 0.25) is 0 Å². The van der Waals surface area contributed by atoms with E-state index in [1.165, 1.54) is 6.07 Å². The normalized spacial score (nSPS) is 11.4. The fourth-order valence-electron chi connectivity index (χ4n) is 3.03. The van der Waals surface area contributed by atoms with E-state index in [0.717, 1.165) is 11.5 Å². The van der Waals surface area contributed by atoms with E-state index in [9.17, 15) is 20.3 Å². The Bertz CT molecular complexity index is 1230. The summed E-state index contributed by atoms with van der Waals surface area (Å²) in [6.45, 7) is 0. The van der Waals surface area contributed by atoms with Gasteiger partial charge in [-0.1, -0.05) is 48.5 Å². The minimum absolute atomic E-state index is 0.0526. The van der Waals surface area contributed by atoms with Gasteiger partial charge in [0.25, 0.3) is 5.69 Å². The molecule has 4 aromatic carbocycles. The summed E-state index contributed by atoms with van der Waals surface area (Å²) >= 11 is 0. The number of benzene rings is 4. The van der Waals surface area contributed by atoms with Crippen molar-refractivity contribution in [2.24, 2.45) is 10.2 Å². The Kier molecular flexibility index (Phi) is 3.89. The third-order valence-electron chi connectivity index (χ3n) is 4.30. The number of nitrogens with zero attached hydrogens (tertiary/aromatic N) is 3. The van der Waals surface area contributed by atoms with Crippen molar-refractivity contribution in [3.05, 3.63) is 76.8 Å². The first-order valence-electron chi connectivity index (χ1n) is 8.08. The number of azo groups is 1. The summed E-state index contributed by atoms with van der Waals surface area (Å²) < 4.78 is 0. The molecule has 0 radical (unpaired) electrons. The highest BCUT2D eigenvalue weighted by molar-refractivity contribution is 6.01. The average molecular weight is 359 g/mol. The highest BCUT2D eigenvalue weighted by Gasteiger charge is 2.18. The molecule has 0 unspecified atom stereocenters. The van der Waals surface area contributed by atoms with Crippen LogP contribution in [0.3, 0.4) is 0 Å². The van der Waals surface area contributed by atoms with Crippen molar-refractivity contribution in [3.63, 3.8) is 0 Å². The van der Waals surface area contributed by atoms with E-state index < -0.39 is 4.92 Å². The molecule has 27 heavy (non-hydrogen) atoms. The number of phenolic OH excluding ortho intramolecular Hbond substituents is 2. The van der Waals surface area contributed by atoms with Crippen molar-refractivity contribution in [2.75, 3.05) is 0 Å². The summed E-state index contributed by atoms with van der Waals surface area (Å²) in [6, 6.07) is 18.3. The molecule has 0 saturated heterocycles. The largest absolute Gasteiger partial charge is 0.506 e. The molecule has 0 aliphatic heterocycles. The molecule has 0 fully saturated rings. The van der Waals surface area contributed by atoms with Crippen LogP contribution in [0, 0.1) is 10.1 Å². The smallest absolute Gasteiger partial charge is 0.281 e. The summed E-state index contributed by atoms with van der Waals surface area (Å²) in [5.74, 6) is -0.410. The third kappa shape index (κ3) is 2.81. The lowest BCUT2D eigenvalue weighted by Gasteiger charge is -2.06. The van der Waals surface area contributed by atoms with Crippen LogP contribution in [-0.2, 0) is 0 Å². The van der Waals surface area contributed by atoms with E-state index in [1.54, 1.807) is 36.4 Å². The summed E-state index contributed by atoms with van der Waals surface area (Å²) in [6.07, 6.45) is 0. The molecule has 0 amide bonds. The molecule has 0 bridgehead atoms. The van der Waals surface area contributed by atoms with Crippen LogP contribution in [0.5, 0.6) is 11.5 Å². The molecular weight excluding hydrogens is 346 g/mol. The maximum absolute atomic E-state index is 11.3. The lowest BCUT2D eigenvalue weighted by atomic mass is 10.1. The van der Waals surface area contributed by atoms with Crippen molar-refractivity contribution in [3.8, 4) is 11.5 Å². The first-order valence-corrected chi connectivity index (χ1v) is 8.08. The van der Waals surface area contributed by atoms with Gasteiger partial charge < -0.3 is 10.2 Å². The van der Waals surface area contributed by atoms with Gasteiger partial charge in [-0.05, 0) is 17.5 Å². The number of nitro benzene ring substituents is 1. The molecule has 7 nitrogen and oxygen atoms in total. The van der Waals surface area contributed by atoms with E-state index in [1.807, 2.05) is 18.2 Å². The molecular formula is C20H13N3O4. The fraction of sp³-hybridized carbons (Fsp3) is 0. The number of hydrogen-bond donors (Lipinski definition) is 2. The van der Waals surface area contributed by atoms with E-state index >= 15 is 0 Å². The van der Waals surface area contributed by atoms with E-state index in [4.69, 9.17) is 0 Å². The van der Waals surface area contributed by atoms with Gasteiger partial charge >= 0.3 is 0 Å². The molecule has 4 aromatic rings. The van der Waals surface area contributed by atoms with E-state index in [-0.39, 0.29) is 28.6 Å². The molecule has 0 heterocycles. The SMILES string of the molecule is O=[N+]([O-])c1cc(O)c(N=Nc2c(O)ccc3ccccc23)c2ccccc12. The van der Waals surface area contributed by atoms with Crippen LogP contribution < -0.4 is 0 Å². The Morgan fingerprint density at radius 1 is 0.741 bits per heavy atom. The first-order chi connectivity index (χ1) is 13.1. The standard InChI is InChI=1S/C20H13N3O4/c24-17-10-9-12-5-1-2-6-13(12)19(17)21-22-20-15-8-4-3-7-14(15)16(23(26)27)11-18(20)25/h1-11,24-25H. The number of phenols is 2. The summed E-state index contributed by atoms with van der Waals surface area (Å²) in [5.41, 5.74) is 0.147. The number of hydrogen-bond acceptors (Lipinski definition) is 6. The Balaban J connectivity index is 1.93. The summed E-state index contributed by atoms with van der Waals surface area (Å²) in [4.78, 5) is 10.7. The second-order valence-electron chi connectivity index (χ2n) is 5.92. The summed E-state index contributed by atoms with van der Waals surface area (Å²) in [5, 5.41) is 42.3. The topological polar surface area (TPSA) is 108 Å². The Morgan fingerprint density at radius 3 is 2.04 bits per heavy atom. The predicted molar refractivity (Wildman–Crippen MR) is 102 cm³/mol. The van der Waals surface area contributed by atoms with E-state index in [2.05, 4.69) is 10.2 Å². The van der Waals surface area contributed by atoms with E-state index in [0.29, 0.717) is 16.2 Å². The van der Waals surface area contributed by atoms with Gasteiger partial charge in [0.05, 0.1) is 16.4 Å². The number of rotatable bonds is 3. The minimum Gasteiger partial charge on any atom is -0.506 e. The van der Waals surface area contributed by atoms with Gasteiger partial charge in [-0.15, -0.1) is 10.2 Å². The van der Waals surface area contributed by atoms with Gasteiger partial charge in [0.15, 0.2) is 5.75 Å². The molecule has 0 aliphatic rings. The molecule has 0 aromatic heterocycles. The van der Waals surface area contributed by atoms with Crippen LogP contribution >= 0.6 is 0 Å². The van der Waals surface area contributed by atoms with Crippen LogP contribution in [0.25, 0.3) is 21.5 Å². The lowest BCUT2D eigenvalue weighted by molar-refractivity contribution is -0.383. The molecule has 4 rings (SSSR count). The van der Waals surface area contributed by atoms with Crippen LogP contribution in [0.15, 0.2) is 77.0 Å². The van der Waals surface area contributed by atoms with Crippen molar-refractivity contribution in [1.29, 1.82) is 0 Å². The van der Waals surface area contributed by atoms with Crippen molar-refractivity contribution >= 4 is 38.6 Å². The van der Waals surface area contributed by atoms with Crippen LogP contribution in [0.2, 0.25) is 0 Å². The van der Waals surface area contributed by atoms with Gasteiger partial charge in [-0.3, -0.25) is 10.1 Å². The Hall–Kier alpha value is -4.00. The number of fused-ring (bicyclic) bond motifs is 2. The molecule has 2 N–H and O–H groups in total.